The van der Waals surface area contributed by atoms with Gasteiger partial charge >= 0.3 is 0 Å². The summed E-state index contributed by atoms with van der Waals surface area (Å²) in [5.74, 6) is -0.0304. The number of anilines is 1. The van der Waals surface area contributed by atoms with Gasteiger partial charge in [0.15, 0.2) is 11.7 Å². The second-order valence-corrected chi connectivity index (χ2v) is 8.98. The van der Waals surface area contributed by atoms with Crippen molar-refractivity contribution in [3.8, 4) is 5.75 Å². The summed E-state index contributed by atoms with van der Waals surface area (Å²) < 4.78 is 6.81. The minimum atomic E-state index is -0.392. The fourth-order valence-corrected chi connectivity index (χ4v) is 4.79. The van der Waals surface area contributed by atoms with Crippen LogP contribution in [0.4, 0.5) is 5.13 Å². The molecule has 0 aliphatic heterocycles. The number of hydrogen-bond acceptors (Lipinski definition) is 5. The third-order valence-corrected chi connectivity index (χ3v) is 6.22. The first kappa shape index (κ1) is 22.5. The van der Waals surface area contributed by atoms with Crippen molar-refractivity contribution in [2.24, 2.45) is 5.73 Å². The van der Waals surface area contributed by atoms with Gasteiger partial charge in [0, 0.05) is 0 Å². The van der Waals surface area contributed by atoms with Crippen LogP contribution in [-0.2, 0) is 22.6 Å². The number of nitrogens with zero attached hydrogens (tertiary/aromatic N) is 2. The quantitative estimate of drug-likeness (QED) is 0.419. The molecule has 4 aromatic rings. The predicted octanol–water partition coefficient (Wildman–Crippen LogP) is 4.55. The molecule has 0 atom stereocenters. The largest absolute Gasteiger partial charge is 0.484 e. The Kier molecular flexibility index (Phi) is 6.70. The van der Waals surface area contributed by atoms with Crippen molar-refractivity contribution in [3.63, 3.8) is 0 Å². The summed E-state index contributed by atoms with van der Waals surface area (Å²) in [6.45, 7) is 4.36. The maximum absolute atomic E-state index is 13.3. The molecule has 0 spiro atoms. The smallest absolute Gasteiger partial charge is 0.267 e. The number of hydrogen-bond donors (Lipinski definition) is 1. The number of primary amides is 1. The summed E-state index contributed by atoms with van der Waals surface area (Å²) in [6, 6.07) is 21.0. The van der Waals surface area contributed by atoms with E-state index in [4.69, 9.17) is 15.5 Å². The number of aromatic nitrogens is 1. The van der Waals surface area contributed by atoms with E-state index in [0.717, 1.165) is 26.9 Å². The number of rotatable bonds is 8. The molecular formula is C26H25N3O3S. The summed E-state index contributed by atoms with van der Waals surface area (Å²) in [6.07, 6.45) is 0.167. The zero-order chi connectivity index (χ0) is 23.4. The molecule has 2 amide bonds. The van der Waals surface area contributed by atoms with E-state index < -0.39 is 5.91 Å². The Morgan fingerprint density at radius 2 is 1.73 bits per heavy atom. The molecule has 2 N–H and O–H groups in total. The Morgan fingerprint density at radius 3 is 2.42 bits per heavy atom. The minimum Gasteiger partial charge on any atom is -0.484 e. The van der Waals surface area contributed by atoms with E-state index in [1.165, 1.54) is 16.9 Å². The zero-order valence-electron chi connectivity index (χ0n) is 18.6. The molecule has 0 unspecified atom stereocenters. The molecule has 1 heterocycles. The van der Waals surface area contributed by atoms with Crippen LogP contribution in [0.25, 0.3) is 10.2 Å². The molecule has 0 bridgehead atoms. The maximum Gasteiger partial charge on any atom is 0.267 e. The van der Waals surface area contributed by atoms with Crippen LogP contribution in [-0.4, -0.2) is 23.4 Å². The average molecular weight is 460 g/mol. The van der Waals surface area contributed by atoms with E-state index >= 15 is 0 Å². The van der Waals surface area contributed by atoms with Crippen LogP contribution in [0, 0.1) is 13.8 Å². The Labute approximate surface area is 196 Å². The molecule has 0 fully saturated rings. The lowest BCUT2D eigenvalue weighted by Crippen LogP contribution is -2.34. The van der Waals surface area contributed by atoms with E-state index in [0.29, 0.717) is 17.4 Å². The van der Waals surface area contributed by atoms with Crippen molar-refractivity contribution in [3.05, 3.63) is 89.0 Å². The molecule has 0 radical (unpaired) electrons. The van der Waals surface area contributed by atoms with Crippen LogP contribution >= 0.6 is 11.3 Å². The highest BCUT2D eigenvalue weighted by Gasteiger charge is 2.21. The summed E-state index contributed by atoms with van der Waals surface area (Å²) in [5.41, 5.74) is 10.2. The predicted molar refractivity (Wildman–Crippen MR) is 132 cm³/mol. The number of carbonyl (C=O) groups excluding carboxylic acids is 2. The summed E-state index contributed by atoms with van der Waals surface area (Å²) in [7, 11) is 0. The standard InChI is InChI=1S/C26H25N3O3S/c1-17-12-18(2)25-22(13-17)33-26(28-25)29(15-20-6-4-3-5-7-20)24(31)16-32-21-10-8-19(9-11-21)14-23(27)30/h3-13H,14-16H2,1-2H3,(H2,27,30). The Hall–Kier alpha value is -3.71. The van der Waals surface area contributed by atoms with Crippen molar-refractivity contribution in [2.75, 3.05) is 11.5 Å². The first-order chi connectivity index (χ1) is 15.9. The molecule has 0 aliphatic rings. The van der Waals surface area contributed by atoms with Crippen LogP contribution in [0.15, 0.2) is 66.7 Å². The van der Waals surface area contributed by atoms with Crippen molar-refractivity contribution < 1.29 is 14.3 Å². The van der Waals surface area contributed by atoms with Crippen LogP contribution in [0.1, 0.15) is 22.3 Å². The highest BCUT2D eigenvalue weighted by molar-refractivity contribution is 7.22. The fraction of sp³-hybridized carbons (Fsp3) is 0.192. The van der Waals surface area contributed by atoms with E-state index in [9.17, 15) is 9.59 Å². The number of thiazole rings is 1. The van der Waals surface area contributed by atoms with Gasteiger partial charge in [0.2, 0.25) is 5.91 Å². The van der Waals surface area contributed by atoms with Crippen molar-refractivity contribution in [2.45, 2.75) is 26.8 Å². The Balaban J connectivity index is 1.56. The van der Waals surface area contributed by atoms with Crippen molar-refractivity contribution in [1.29, 1.82) is 0 Å². The molecule has 33 heavy (non-hydrogen) atoms. The number of ether oxygens (including phenoxy) is 1. The lowest BCUT2D eigenvalue weighted by molar-refractivity contribution is -0.120. The lowest BCUT2D eigenvalue weighted by atomic mass is 10.1. The summed E-state index contributed by atoms with van der Waals surface area (Å²) in [4.78, 5) is 30.8. The van der Waals surface area contributed by atoms with E-state index in [1.807, 2.05) is 37.3 Å². The molecule has 0 aliphatic carbocycles. The highest BCUT2D eigenvalue weighted by Crippen LogP contribution is 2.32. The van der Waals surface area contributed by atoms with Crippen LogP contribution in [0.5, 0.6) is 5.75 Å². The summed E-state index contributed by atoms with van der Waals surface area (Å²) in [5, 5.41) is 0.646. The number of aryl methyl sites for hydroxylation is 2. The number of nitrogens with two attached hydrogens (primary N) is 1. The van der Waals surface area contributed by atoms with E-state index in [1.54, 1.807) is 29.2 Å². The average Bonchev–Trinajstić information content (AvgIpc) is 3.21. The van der Waals surface area contributed by atoms with Crippen LogP contribution in [0.3, 0.4) is 0 Å². The van der Waals surface area contributed by atoms with Gasteiger partial charge in [-0.15, -0.1) is 0 Å². The molecule has 3 aromatic carbocycles. The molecular weight excluding hydrogens is 434 g/mol. The van der Waals surface area contributed by atoms with Gasteiger partial charge in [-0.05, 0) is 54.3 Å². The van der Waals surface area contributed by atoms with Gasteiger partial charge in [-0.1, -0.05) is 59.9 Å². The van der Waals surface area contributed by atoms with Gasteiger partial charge in [-0.3, -0.25) is 14.5 Å². The van der Waals surface area contributed by atoms with Gasteiger partial charge in [0.05, 0.1) is 23.2 Å². The SMILES string of the molecule is Cc1cc(C)c2nc(N(Cc3ccccc3)C(=O)COc3ccc(CC(N)=O)cc3)sc2c1. The lowest BCUT2D eigenvalue weighted by Gasteiger charge is -2.20. The Bertz CT molecular complexity index is 1280. The summed E-state index contributed by atoms with van der Waals surface area (Å²) >= 11 is 1.51. The fourth-order valence-electron chi connectivity index (χ4n) is 3.63. The Morgan fingerprint density at radius 1 is 1.00 bits per heavy atom. The van der Waals surface area contributed by atoms with Gasteiger partial charge in [0.1, 0.15) is 5.75 Å². The number of carbonyl (C=O) groups is 2. The first-order valence-corrected chi connectivity index (χ1v) is 11.4. The first-order valence-electron chi connectivity index (χ1n) is 10.6. The van der Waals surface area contributed by atoms with Crippen molar-refractivity contribution >= 4 is 38.5 Å². The van der Waals surface area contributed by atoms with Gasteiger partial charge in [-0.2, -0.15) is 0 Å². The van der Waals surface area contributed by atoms with Gasteiger partial charge in [-0.25, -0.2) is 4.98 Å². The van der Waals surface area contributed by atoms with Crippen molar-refractivity contribution in [1.82, 2.24) is 4.98 Å². The van der Waals surface area contributed by atoms with Crippen LogP contribution < -0.4 is 15.4 Å². The van der Waals surface area contributed by atoms with Crippen LogP contribution in [0.2, 0.25) is 0 Å². The second-order valence-electron chi connectivity index (χ2n) is 7.97. The molecule has 0 saturated heterocycles. The molecule has 0 saturated carbocycles. The number of fused-ring (bicyclic) bond motifs is 1. The normalized spacial score (nSPS) is 10.8. The zero-order valence-corrected chi connectivity index (χ0v) is 19.4. The third kappa shape index (κ3) is 5.56. The topological polar surface area (TPSA) is 85.5 Å². The van der Waals surface area contributed by atoms with Gasteiger partial charge in [0.25, 0.3) is 5.91 Å². The minimum absolute atomic E-state index is 0.129. The molecule has 6 nitrogen and oxygen atoms in total. The molecule has 168 valence electrons. The van der Waals surface area contributed by atoms with E-state index in [2.05, 4.69) is 19.1 Å². The number of benzene rings is 3. The van der Waals surface area contributed by atoms with Gasteiger partial charge < -0.3 is 10.5 Å². The van der Waals surface area contributed by atoms with E-state index in [-0.39, 0.29) is 18.9 Å². The third-order valence-electron chi connectivity index (χ3n) is 5.20. The molecule has 4 rings (SSSR count). The maximum atomic E-state index is 13.3. The second kappa shape index (κ2) is 9.83. The molecule has 1 aromatic heterocycles. The molecule has 7 heteroatoms. The monoisotopic (exact) mass is 459 g/mol. The highest BCUT2D eigenvalue weighted by atomic mass is 32.1. The number of amides is 2.